The molecule has 1 aromatic rings. The highest BCUT2D eigenvalue weighted by molar-refractivity contribution is 5.20. The number of halogens is 2. The maximum atomic E-state index is 13.3. The summed E-state index contributed by atoms with van der Waals surface area (Å²) in [7, 11) is 4.03. The molecule has 0 heterocycles. The number of likely N-dealkylation sites (N-methyl/N-ethyl adjacent to an activating group) is 1. The number of hydrazine groups is 1. The Kier molecular flexibility index (Phi) is 6.05. The van der Waals surface area contributed by atoms with Gasteiger partial charge in [0, 0.05) is 11.6 Å². The van der Waals surface area contributed by atoms with Crippen molar-refractivity contribution in [3.05, 3.63) is 35.4 Å². The van der Waals surface area contributed by atoms with Crippen molar-refractivity contribution in [2.45, 2.75) is 44.7 Å². The molecule has 1 aromatic carbocycles. The van der Waals surface area contributed by atoms with Gasteiger partial charge in [0.15, 0.2) is 11.6 Å². The molecule has 0 aliphatic carbocycles. The molecule has 0 aliphatic rings. The molecule has 1 atom stereocenters. The molecule has 0 saturated heterocycles. The number of rotatable bonds is 7. The molecule has 0 aromatic heterocycles. The lowest BCUT2D eigenvalue weighted by molar-refractivity contribution is 0.0882. The lowest BCUT2D eigenvalue weighted by atomic mass is 9.80. The average Bonchev–Trinajstić information content (AvgIpc) is 2.43. The smallest absolute Gasteiger partial charge is 0.159 e. The van der Waals surface area contributed by atoms with Crippen molar-refractivity contribution in [2.75, 3.05) is 14.1 Å². The molecule has 3 N–H and O–H groups in total. The fraction of sp³-hybridized carbons (Fsp3) is 0.600. The summed E-state index contributed by atoms with van der Waals surface area (Å²) in [6.07, 6.45) is 2.37. The van der Waals surface area contributed by atoms with Gasteiger partial charge in [-0.15, -0.1) is 0 Å². The number of hydrogen-bond acceptors (Lipinski definition) is 3. The number of nitrogens with two attached hydrogens (primary N) is 1. The van der Waals surface area contributed by atoms with Crippen LogP contribution < -0.4 is 11.3 Å². The fourth-order valence-corrected chi connectivity index (χ4v) is 2.99. The summed E-state index contributed by atoms with van der Waals surface area (Å²) in [6.45, 7) is 4.22. The van der Waals surface area contributed by atoms with E-state index < -0.39 is 11.6 Å². The first-order chi connectivity index (χ1) is 9.41. The van der Waals surface area contributed by atoms with Gasteiger partial charge in [-0.25, -0.2) is 8.78 Å². The van der Waals surface area contributed by atoms with E-state index in [1.54, 1.807) is 6.07 Å². The van der Waals surface area contributed by atoms with Crippen molar-refractivity contribution < 1.29 is 8.78 Å². The number of hydrogen-bond donors (Lipinski definition) is 2. The van der Waals surface area contributed by atoms with E-state index in [0.717, 1.165) is 24.5 Å². The monoisotopic (exact) mass is 285 g/mol. The molecule has 20 heavy (non-hydrogen) atoms. The first kappa shape index (κ1) is 17.0. The molecule has 5 heteroatoms. The van der Waals surface area contributed by atoms with Crippen molar-refractivity contribution in [1.82, 2.24) is 10.3 Å². The second-order valence-electron chi connectivity index (χ2n) is 5.38. The van der Waals surface area contributed by atoms with Crippen LogP contribution in [-0.4, -0.2) is 30.6 Å². The molecule has 0 radical (unpaired) electrons. The van der Waals surface area contributed by atoms with Crippen LogP contribution in [0, 0.1) is 11.6 Å². The maximum Gasteiger partial charge on any atom is 0.159 e. The molecule has 0 fully saturated rings. The van der Waals surface area contributed by atoms with Crippen LogP contribution in [-0.2, 0) is 6.42 Å². The van der Waals surface area contributed by atoms with Crippen molar-refractivity contribution in [1.29, 1.82) is 0 Å². The first-order valence-corrected chi connectivity index (χ1v) is 6.98. The molecule has 0 bridgehead atoms. The van der Waals surface area contributed by atoms with E-state index in [2.05, 4.69) is 24.2 Å². The topological polar surface area (TPSA) is 41.3 Å². The van der Waals surface area contributed by atoms with E-state index in [0.29, 0.717) is 6.42 Å². The zero-order valence-electron chi connectivity index (χ0n) is 12.7. The van der Waals surface area contributed by atoms with Crippen LogP contribution in [0.25, 0.3) is 0 Å². The van der Waals surface area contributed by atoms with Crippen molar-refractivity contribution in [3.8, 4) is 0 Å². The molecule has 0 saturated carbocycles. The third-order valence-electron chi connectivity index (χ3n) is 4.39. The predicted molar refractivity (Wildman–Crippen MR) is 78.2 cm³/mol. The highest BCUT2D eigenvalue weighted by Gasteiger charge is 2.37. The minimum atomic E-state index is -0.823. The Morgan fingerprint density at radius 1 is 1.20 bits per heavy atom. The van der Waals surface area contributed by atoms with Gasteiger partial charge in [-0.2, -0.15) is 0 Å². The van der Waals surface area contributed by atoms with Gasteiger partial charge in [0.25, 0.3) is 0 Å². The SMILES string of the molecule is CCC(CC)(C(Cc1ccc(F)c(F)c1)NN)N(C)C. The average molecular weight is 285 g/mol. The van der Waals surface area contributed by atoms with Gasteiger partial charge < -0.3 is 4.90 Å². The third kappa shape index (κ3) is 3.34. The number of benzene rings is 1. The summed E-state index contributed by atoms with van der Waals surface area (Å²) >= 11 is 0. The Bertz CT molecular complexity index is 431. The highest BCUT2D eigenvalue weighted by Crippen LogP contribution is 2.28. The lowest BCUT2D eigenvalue weighted by Crippen LogP contribution is -2.61. The summed E-state index contributed by atoms with van der Waals surface area (Å²) < 4.78 is 26.3. The minimum absolute atomic E-state index is 0.0441. The Morgan fingerprint density at radius 2 is 1.80 bits per heavy atom. The van der Waals surface area contributed by atoms with Gasteiger partial charge >= 0.3 is 0 Å². The van der Waals surface area contributed by atoms with E-state index >= 15 is 0 Å². The molecule has 0 aliphatic heterocycles. The second kappa shape index (κ2) is 7.11. The van der Waals surface area contributed by atoms with E-state index in [9.17, 15) is 8.78 Å². The Labute approximate surface area is 120 Å². The zero-order chi connectivity index (χ0) is 15.3. The summed E-state index contributed by atoms with van der Waals surface area (Å²) in [6, 6.07) is 3.96. The van der Waals surface area contributed by atoms with Gasteiger partial charge in [0.2, 0.25) is 0 Å². The Hall–Kier alpha value is -1.04. The van der Waals surface area contributed by atoms with Crippen LogP contribution in [0.1, 0.15) is 32.3 Å². The number of nitrogens with one attached hydrogen (secondary N) is 1. The molecular formula is C15H25F2N3. The largest absolute Gasteiger partial charge is 0.302 e. The molecule has 114 valence electrons. The van der Waals surface area contributed by atoms with Crippen LogP contribution in [0.15, 0.2) is 18.2 Å². The van der Waals surface area contributed by atoms with Crippen LogP contribution in [0.4, 0.5) is 8.78 Å². The van der Waals surface area contributed by atoms with Gasteiger partial charge in [-0.1, -0.05) is 19.9 Å². The Morgan fingerprint density at radius 3 is 2.20 bits per heavy atom. The van der Waals surface area contributed by atoms with Crippen molar-refractivity contribution >= 4 is 0 Å². The minimum Gasteiger partial charge on any atom is -0.302 e. The van der Waals surface area contributed by atoms with E-state index in [1.807, 2.05) is 14.1 Å². The van der Waals surface area contributed by atoms with Gasteiger partial charge in [0.1, 0.15) is 0 Å². The summed E-state index contributed by atoms with van der Waals surface area (Å²) in [5, 5.41) is 0. The summed E-state index contributed by atoms with van der Waals surface area (Å²) in [5.41, 5.74) is 3.46. The molecule has 0 amide bonds. The fourth-order valence-electron chi connectivity index (χ4n) is 2.99. The Balaban J connectivity index is 3.03. The van der Waals surface area contributed by atoms with E-state index in [4.69, 9.17) is 5.84 Å². The summed E-state index contributed by atoms with van der Waals surface area (Å²) in [5.74, 6) is 4.08. The quantitative estimate of drug-likeness (QED) is 0.597. The predicted octanol–water partition coefficient (Wildman–Crippen LogP) is 2.46. The molecule has 1 rings (SSSR count). The van der Waals surface area contributed by atoms with Crippen LogP contribution >= 0.6 is 0 Å². The van der Waals surface area contributed by atoms with Crippen LogP contribution in [0.5, 0.6) is 0 Å². The highest BCUT2D eigenvalue weighted by atomic mass is 19.2. The second-order valence-corrected chi connectivity index (χ2v) is 5.38. The summed E-state index contributed by atoms with van der Waals surface area (Å²) in [4.78, 5) is 2.15. The van der Waals surface area contributed by atoms with Crippen molar-refractivity contribution in [3.63, 3.8) is 0 Å². The number of nitrogens with zero attached hydrogens (tertiary/aromatic N) is 1. The third-order valence-corrected chi connectivity index (χ3v) is 4.39. The van der Waals surface area contributed by atoms with Crippen LogP contribution in [0.2, 0.25) is 0 Å². The van der Waals surface area contributed by atoms with E-state index in [1.165, 1.54) is 6.07 Å². The van der Waals surface area contributed by atoms with Gasteiger partial charge in [-0.05, 0) is 51.1 Å². The molecule has 3 nitrogen and oxygen atoms in total. The van der Waals surface area contributed by atoms with Gasteiger partial charge in [0.05, 0.1) is 0 Å². The van der Waals surface area contributed by atoms with Crippen molar-refractivity contribution in [2.24, 2.45) is 5.84 Å². The van der Waals surface area contributed by atoms with E-state index in [-0.39, 0.29) is 11.6 Å². The van der Waals surface area contributed by atoms with Crippen LogP contribution in [0.3, 0.4) is 0 Å². The molecule has 0 spiro atoms. The zero-order valence-corrected chi connectivity index (χ0v) is 12.7. The standard InChI is InChI=1S/C15H25F2N3/c1-5-15(6-2,20(3)4)14(19-18)10-11-7-8-12(16)13(17)9-11/h7-9,14,19H,5-6,10,18H2,1-4H3. The molecule has 1 unspecified atom stereocenters. The first-order valence-electron chi connectivity index (χ1n) is 6.98. The molecular weight excluding hydrogens is 260 g/mol. The maximum absolute atomic E-state index is 13.3. The normalized spacial score (nSPS) is 13.8. The van der Waals surface area contributed by atoms with Gasteiger partial charge in [-0.3, -0.25) is 11.3 Å². The lowest BCUT2D eigenvalue weighted by Gasteiger charge is -2.45.